The van der Waals surface area contributed by atoms with Crippen molar-refractivity contribution in [2.45, 2.75) is 91.3 Å². The van der Waals surface area contributed by atoms with E-state index in [0.29, 0.717) is 35.5 Å². The second-order valence-electron chi connectivity index (χ2n) is 14.6. The number of aliphatic hydroxyl groups is 3. The molecule has 51 heavy (non-hydrogen) atoms. The number of methoxy groups -OCH3 is 2. The molecule has 0 saturated heterocycles. The van der Waals surface area contributed by atoms with Gasteiger partial charge < -0.3 is 49.6 Å². The van der Waals surface area contributed by atoms with Gasteiger partial charge in [0.15, 0.2) is 17.1 Å². The molecule has 0 aromatic heterocycles. The lowest BCUT2D eigenvalue weighted by Crippen LogP contribution is -2.57. The summed E-state index contributed by atoms with van der Waals surface area (Å²) in [6, 6.07) is 8.75. The second kappa shape index (κ2) is 13.7. The van der Waals surface area contributed by atoms with E-state index in [2.05, 4.69) is 0 Å². The molecule has 2 aliphatic heterocycles. The highest BCUT2D eigenvalue weighted by Crippen LogP contribution is 2.66. The van der Waals surface area contributed by atoms with Crippen LogP contribution in [0.4, 0.5) is 0 Å². The lowest BCUT2D eigenvalue weighted by atomic mass is 9.61. The van der Waals surface area contributed by atoms with E-state index in [1.54, 1.807) is 6.07 Å². The van der Waals surface area contributed by atoms with E-state index in [0.717, 1.165) is 53.5 Å². The first kappa shape index (κ1) is 34.9. The summed E-state index contributed by atoms with van der Waals surface area (Å²) in [4.78, 5) is 0. The predicted octanol–water partition coefficient (Wildman–Crippen LogP) is 6.66. The highest BCUT2D eigenvalue weighted by molar-refractivity contribution is 8.77. The fraction of sp³-hybridized carbons (Fsp3) is 0.538. The van der Waals surface area contributed by atoms with Gasteiger partial charge in [0.2, 0.25) is 11.5 Å². The molecular weight excluding hydrogens is 693 g/mol. The van der Waals surface area contributed by atoms with Crippen LogP contribution >= 0.6 is 21.6 Å². The monoisotopic (exact) mass is 738 g/mol. The average Bonchev–Trinajstić information content (AvgIpc) is 3.13. The van der Waals surface area contributed by atoms with Crippen molar-refractivity contribution in [3.05, 3.63) is 52.6 Å². The number of aromatic hydroxyl groups is 3. The van der Waals surface area contributed by atoms with Crippen LogP contribution in [0.5, 0.6) is 40.2 Å². The second-order valence-corrected chi connectivity index (χ2v) is 17.4. The molecule has 0 spiro atoms. The third-order valence-corrected chi connectivity index (χ3v) is 15.6. The Morgan fingerprint density at radius 1 is 0.902 bits per heavy atom. The van der Waals surface area contributed by atoms with Crippen LogP contribution in [0.15, 0.2) is 30.3 Å². The maximum absolute atomic E-state index is 12.8. The minimum Gasteiger partial charge on any atom is -0.508 e. The summed E-state index contributed by atoms with van der Waals surface area (Å²) in [7, 11) is 6.53. The first-order chi connectivity index (χ1) is 24.7. The van der Waals surface area contributed by atoms with Gasteiger partial charge in [-0.2, -0.15) is 0 Å². The summed E-state index contributed by atoms with van der Waals surface area (Å²) in [5, 5.41) is 67.8. The molecule has 0 radical (unpaired) electrons. The normalized spacial score (nSPS) is 30.6. The molecule has 0 amide bonds. The number of hydrogen-bond donors (Lipinski definition) is 6. The zero-order valence-corrected chi connectivity index (χ0v) is 30.5. The van der Waals surface area contributed by atoms with Crippen LogP contribution < -0.4 is 18.9 Å². The van der Waals surface area contributed by atoms with Gasteiger partial charge in [-0.05, 0) is 85.3 Å². The van der Waals surface area contributed by atoms with E-state index < -0.39 is 17.6 Å². The number of phenolic OH excluding ortho intramolecular Hbond substituents is 3. The molecule has 5 aliphatic rings. The summed E-state index contributed by atoms with van der Waals surface area (Å²) in [5.74, 6) is -0.0838. The van der Waals surface area contributed by atoms with Gasteiger partial charge in [0.05, 0.1) is 27.4 Å². The van der Waals surface area contributed by atoms with Gasteiger partial charge >= 0.3 is 0 Å². The highest BCUT2D eigenvalue weighted by atomic mass is 33.1. The number of fused-ring (bicyclic) bond motifs is 7. The van der Waals surface area contributed by atoms with Crippen LogP contribution in [0.1, 0.15) is 91.4 Å². The van der Waals surface area contributed by atoms with E-state index in [9.17, 15) is 30.6 Å². The number of benzene rings is 3. The van der Waals surface area contributed by atoms with Gasteiger partial charge in [-0.3, -0.25) is 0 Å². The molecule has 12 heteroatoms. The van der Waals surface area contributed by atoms with Crippen LogP contribution in [-0.2, 0) is 5.60 Å². The summed E-state index contributed by atoms with van der Waals surface area (Å²) in [6.45, 7) is -0.357. The van der Waals surface area contributed by atoms with Crippen LogP contribution in [-0.4, -0.2) is 81.3 Å². The minimum absolute atomic E-state index is 0.0222. The van der Waals surface area contributed by atoms with E-state index in [-0.39, 0.29) is 71.2 Å². The number of ether oxygens (including phenoxy) is 4. The largest absolute Gasteiger partial charge is 0.508 e. The van der Waals surface area contributed by atoms with Crippen molar-refractivity contribution < 1.29 is 49.6 Å². The Morgan fingerprint density at radius 3 is 2.51 bits per heavy atom. The van der Waals surface area contributed by atoms with Gasteiger partial charge in [0, 0.05) is 45.1 Å². The van der Waals surface area contributed by atoms with Crippen molar-refractivity contribution in [1.29, 1.82) is 0 Å². The standard InChI is InChI=1S/C39H46O10S2/c1-46-29-16-26(35(43)37(47-2)36(29)44)39-11-10-30-34(38(39)45)33-28(49-39)17-27(48-13-12-40)31-23-9-7-20(42)15-24(23)22(25(18-41)32(31)33)8-6-19-4-3-5-21(14-19)50-51-30/h7,9,15-17,19,21-22,25,30,34,38,40-45H,3-6,8,10-14,18H2,1-2H3/t19-,21-,22+,25-,30+,34+,38+,39-/m0/s1. The first-order valence-corrected chi connectivity index (χ1v) is 20.3. The molecule has 10 nitrogen and oxygen atoms in total. The molecule has 3 aromatic carbocycles. The average molecular weight is 739 g/mol. The smallest absolute Gasteiger partial charge is 0.207 e. The molecule has 8 atom stereocenters. The molecule has 3 aromatic rings. The van der Waals surface area contributed by atoms with Crippen LogP contribution in [0.25, 0.3) is 11.1 Å². The van der Waals surface area contributed by atoms with E-state index in [1.165, 1.54) is 33.1 Å². The topological polar surface area (TPSA) is 158 Å². The third-order valence-electron chi connectivity index (χ3n) is 12.1. The van der Waals surface area contributed by atoms with Gasteiger partial charge in [0.1, 0.15) is 30.0 Å². The quantitative estimate of drug-likeness (QED) is 0.144. The fourth-order valence-electron chi connectivity index (χ4n) is 9.84. The number of hydrogen-bond acceptors (Lipinski definition) is 12. The Hall–Kier alpha value is -3.16. The van der Waals surface area contributed by atoms with E-state index in [1.807, 2.05) is 39.8 Å². The SMILES string of the molecule is COc1cc([C@@]23CC[C@H]4SS[C@H]5CCC[C@@H](CC[C@@H]6c7cc(O)ccc7-c7c(OCCO)cc(c(c7[C@H]6CO)[C@@H]4[C@H]2O)O3)C5)c(O)c(OC)c1O. The Labute approximate surface area is 305 Å². The zero-order valence-electron chi connectivity index (χ0n) is 28.8. The molecule has 2 saturated carbocycles. The molecule has 6 bridgehead atoms. The Bertz CT molecular complexity index is 1820. The predicted molar refractivity (Wildman–Crippen MR) is 196 cm³/mol. The van der Waals surface area contributed by atoms with Gasteiger partial charge in [-0.1, -0.05) is 40.5 Å². The van der Waals surface area contributed by atoms with Crippen LogP contribution in [0.2, 0.25) is 0 Å². The highest BCUT2D eigenvalue weighted by Gasteiger charge is 2.60. The molecular formula is C39H46O10S2. The zero-order chi connectivity index (χ0) is 35.6. The first-order valence-electron chi connectivity index (χ1n) is 18.0. The molecule has 0 unspecified atom stereocenters. The molecule has 6 N–H and O–H groups in total. The van der Waals surface area contributed by atoms with Crippen LogP contribution in [0, 0.1) is 5.92 Å². The van der Waals surface area contributed by atoms with Crippen molar-refractivity contribution >= 4 is 21.6 Å². The number of rotatable bonds is 7. The lowest BCUT2D eigenvalue weighted by Gasteiger charge is -2.54. The van der Waals surface area contributed by atoms with Crippen molar-refractivity contribution in [2.24, 2.45) is 5.92 Å². The Morgan fingerprint density at radius 2 is 1.75 bits per heavy atom. The summed E-state index contributed by atoms with van der Waals surface area (Å²) >= 11 is 0. The summed E-state index contributed by atoms with van der Waals surface area (Å²) in [5.41, 5.74) is 3.13. The molecule has 8 rings (SSSR count). The van der Waals surface area contributed by atoms with Crippen molar-refractivity contribution in [3.8, 4) is 51.4 Å². The number of phenols is 3. The van der Waals surface area contributed by atoms with Crippen molar-refractivity contribution in [3.63, 3.8) is 0 Å². The van der Waals surface area contributed by atoms with Gasteiger partial charge in [-0.25, -0.2) is 0 Å². The Balaban J connectivity index is 1.42. The summed E-state index contributed by atoms with van der Waals surface area (Å²) in [6.07, 6.45) is 6.35. The third kappa shape index (κ3) is 5.50. The lowest BCUT2D eigenvalue weighted by molar-refractivity contribution is -0.112. The maximum Gasteiger partial charge on any atom is 0.207 e. The van der Waals surface area contributed by atoms with Crippen molar-refractivity contribution in [2.75, 3.05) is 34.0 Å². The van der Waals surface area contributed by atoms with Gasteiger partial charge in [0.25, 0.3) is 0 Å². The molecule has 274 valence electrons. The maximum atomic E-state index is 12.8. The minimum atomic E-state index is -1.45. The number of aliphatic hydroxyl groups excluding tert-OH is 3. The Kier molecular flexibility index (Phi) is 9.36. The molecule has 2 heterocycles. The van der Waals surface area contributed by atoms with Crippen LogP contribution in [0.3, 0.4) is 0 Å². The van der Waals surface area contributed by atoms with E-state index >= 15 is 0 Å². The summed E-state index contributed by atoms with van der Waals surface area (Å²) < 4.78 is 24.3. The fourth-order valence-corrected chi connectivity index (χ4v) is 13.4. The molecule has 3 aliphatic carbocycles. The van der Waals surface area contributed by atoms with E-state index in [4.69, 9.17) is 18.9 Å². The van der Waals surface area contributed by atoms with Crippen molar-refractivity contribution in [1.82, 2.24) is 0 Å². The molecule has 2 fully saturated rings. The van der Waals surface area contributed by atoms with Gasteiger partial charge in [-0.15, -0.1) is 0 Å².